The molecule has 0 aliphatic heterocycles. The molecule has 2 rings (SSSR count). The topological polar surface area (TPSA) is 66.4 Å². The van der Waals surface area contributed by atoms with E-state index in [0.717, 1.165) is 12.8 Å². The number of anilines is 1. The van der Waals surface area contributed by atoms with E-state index >= 15 is 0 Å². The predicted octanol–water partition coefficient (Wildman–Crippen LogP) is 3.86. The van der Waals surface area contributed by atoms with E-state index in [-0.39, 0.29) is 18.2 Å². The largest absolute Gasteiger partial charge is 0.481 e. The van der Waals surface area contributed by atoms with Crippen molar-refractivity contribution >= 4 is 17.6 Å². The van der Waals surface area contributed by atoms with Crippen LogP contribution in [0.3, 0.4) is 0 Å². The van der Waals surface area contributed by atoms with Gasteiger partial charge in [0.2, 0.25) is 5.91 Å². The zero-order chi connectivity index (χ0) is 15.9. The molecular formula is C18H25NO3. The number of carboxylic acids is 1. The molecule has 1 aliphatic carbocycles. The van der Waals surface area contributed by atoms with Gasteiger partial charge in [0, 0.05) is 11.6 Å². The minimum atomic E-state index is -0.865. The predicted molar refractivity (Wildman–Crippen MR) is 86.8 cm³/mol. The Balaban J connectivity index is 1.95. The van der Waals surface area contributed by atoms with Gasteiger partial charge in [0.05, 0.1) is 6.42 Å². The van der Waals surface area contributed by atoms with Gasteiger partial charge in [0.25, 0.3) is 0 Å². The Labute approximate surface area is 131 Å². The summed E-state index contributed by atoms with van der Waals surface area (Å²) in [6.07, 6.45) is 6.87. The van der Waals surface area contributed by atoms with Crippen LogP contribution in [0.25, 0.3) is 0 Å². The zero-order valence-corrected chi connectivity index (χ0v) is 13.2. The van der Waals surface area contributed by atoms with Gasteiger partial charge in [0.15, 0.2) is 0 Å². The second-order valence-electron chi connectivity index (χ2n) is 6.25. The van der Waals surface area contributed by atoms with Crippen molar-refractivity contribution in [1.82, 2.24) is 0 Å². The first-order valence-electron chi connectivity index (χ1n) is 8.20. The standard InChI is InChI=1S/C18H25NO3/c1-2-15(10-13-6-3-4-7-13)18(22)19-16-9-5-8-14(11-16)12-17(20)21/h5,8-9,11,13,15H,2-4,6-7,10,12H2,1H3,(H,19,22)(H,20,21). The molecule has 0 spiro atoms. The Kier molecular flexibility index (Phi) is 5.99. The van der Waals surface area contributed by atoms with Crippen molar-refractivity contribution < 1.29 is 14.7 Å². The lowest BCUT2D eigenvalue weighted by molar-refractivity contribution is -0.136. The summed E-state index contributed by atoms with van der Waals surface area (Å²) in [6, 6.07) is 7.10. The number of rotatable bonds is 7. The molecular weight excluding hydrogens is 278 g/mol. The molecule has 0 radical (unpaired) electrons. The van der Waals surface area contributed by atoms with Gasteiger partial charge < -0.3 is 10.4 Å². The summed E-state index contributed by atoms with van der Waals surface area (Å²) in [5, 5.41) is 11.8. The van der Waals surface area contributed by atoms with Crippen molar-refractivity contribution in [1.29, 1.82) is 0 Å². The molecule has 1 aromatic rings. The summed E-state index contributed by atoms with van der Waals surface area (Å²) in [7, 11) is 0. The normalized spacial score (nSPS) is 16.4. The summed E-state index contributed by atoms with van der Waals surface area (Å²) >= 11 is 0. The Bertz CT molecular complexity index is 521. The lowest BCUT2D eigenvalue weighted by atomic mass is 9.90. The quantitative estimate of drug-likeness (QED) is 0.804. The highest BCUT2D eigenvalue weighted by atomic mass is 16.4. The second kappa shape index (κ2) is 7.97. The molecule has 4 heteroatoms. The van der Waals surface area contributed by atoms with Crippen LogP contribution in [0.15, 0.2) is 24.3 Å². The Hall–Kier alpha value is -1.84. The minimum absolute atomic E-state index is 0.0248. The lowest BCUT2D eigenvalue weighted by Crippen LogP contribution is -2.24. The number of hydrogen-bond acceptors (Lipinski definition) is 2. The van der Waals surface area contributed by atoms with Gasteiger partial charge in [-0.3, -0.25) is 9.59 Å². The second-order valence-corrected chi connectivity index (χ2v) is 6.25. The fourth-order valence-corrected chi connectivity index (χ4v) is 3.29. The number of amides is 1. The monoisotopic (exact) mass is 303 g/mol. The first kappa shape index (κ1) is 16.5. The Morgan fingerprint density at radius 1 is 1.32 bits per heavy atom. The number of carbonyl (C=O) groups excluding carboxylic acids is 1. The third kappa shape index (κ3) is 4.86. The average Bonchev–Trinajstić information content (AvgIpc) is 2.97. The molecule has 1 amide bonds. The zero-order valence-electron chi connectivity index (χ0n) is 13.2. The van der Waals surface area contributed by atoms with Crippen LogP contribution >= 0.6 is 0 Å². The van der Waals surface area contributed by atoms with E-state index < -0.39 is 5.97 Å². The molecule has 0 heterocycles. The summed E-state index contributed by atoms with van der Waals surface area (Å²) in [5.74, 6) is -0.0710. The molecule has 1 unspecified atom stereocenters. The molecule has 1 aromatic carbocycles. The van der Waals surface area contributed by atoms with Crippen molar-refractivity contribution in [3.63, 3.8) is 0 Å². The Morgan fingerprint density at radius 3 is 2.68 bits per heavy atom. The molecule has 0 saturated heterocycles. The maximum Gasteiger partial charge on any atom is 0.307 e. The van der Waals surface area contributed by atoms with Crippen molar-refractivity contribution in [2.75, 3.05) is 5.32 Å². The van der Waals surface area contributed by atoms with E-state index in [2.05, 4.69) is 12.2 Å². The van der Waals surface area contributed by atoms with Gasteiger partial charge in [0.1, 0.15) is 0 Å². The maximum atomic E-state index is 12.4. The van der Waals surface area contributed by atoms with Crippen LogP contribution in [0.4, 0.5) is 5.69 Å². The SMILES string of the molecule is CCC(CC1CCCC1)C(=O)Nc1cccc(CC(=O)O)c1. The van der Waals surface area contributed by atoms with Gasteiger partial charge in [-0.25, -0.2) is 0 Å². The van der Waals surface area contributed by atoms with Crippen molar-refractivity contribution in [3.8, 4) is 0 Å². The third-order valence-electron chi connectivity index (χ3n) is 4.51. The molecule has 0 aromatic heterocycles. The van der Waals surface area contributed by atoms with Crippen LogP contribution in [-0.2, 0) is 16.0 Å². The van der Waals surface area contributed by atoms with Crippen LogP contribution in [0.2, 0.25) is 0 Å². The van der Waals surface area contributed by atoms with E-state index in [4.69, 9.17) is 5.11 Å². The summed E-state index contributed by atoms with van der Waals surface area (Å²) in [6.45, 7) is 2.06. The molecule has 120 valence electrons. The van der Waals surface area contributed by atoms with E-state index in [1.165, 1.54) is 25.7 Å². The number of hydrogen-bond donors (Lipinski definition) is 2. The van der Waals surface area contributed by atoms with E-state index in [1.54, 1.807) is 18.2 Å². The summed E-state index contributed by atoms with van der Waals surface area (Å²) < 4.78 is 0. The molecule has 1 fully saturated rings. The van der Waals surface area contributed by atoms with Crippen molar-refractivity contribution in [2.45, 2.75) is 51.9 Å². The van der Waals surface area contributed by atoms with Gasteiger partial charge in [-0.15, -0.1) is 0 Å². The molecule has 0 bridgehead atoms. The molecule has 1 aliphatic rings. The van der Waals surface area contributed by atoms with E-state index in [0.29, 0.717) is 17.2 Å². The van der Waals surface area contributed by atoms with Crippen LogP contribution in [-0.4, -0.2) is 17.0 Å². The van der Waals surface area contributed by atoms with Gasteiger partial charge >= 0.3 is 5.97 Å². The van der Waals surface area contributed by atoms with Crippen LogP contribution in [0, 0.1) is 11.8 Å². The van der Waals surface area contributed by atoms with Crippen LogP contribution in [0.1, 0.15) is 51.0 Å². The highest BCUT2D eigenvalue weighted by Gasteiger charge is 2.24. The first-order chi connectivity index (χ1) is 10.6. The fraction of sp³-hybridized carbons (Fsp3) is 0.556. The van der Waals surface area contributed by atoms with Crippen molar-refractivity contribution in [2.24, 2.45) is 11.8 Å². The third-order valence-corrected chi connectivity index (χ3v) is 4.51. The smallest absolute Gasteiger partial charge is 0.307 e. The van der Waals surface area contributed by atoms with Crippen LogP contribution < -0.4 is 5.32 Å². The van der Waals surface area contributed by atoms with E-state index in [9.17, 15) is 9.59 Å². The molecule has 1 atom stereocenters. The molecule has 1 saturated carbocycles. The first-order valence-corrected chi connectivity index (χ1v) is 8.20. The van der Waals surface area contributed by atoms with Gasteiger partial charge in [-0.2, -0.15) is 0 Å². The number of aliphatic carboxylic acids is 1. The maximum absolute atomic E-state index is 12.4. The highest BCUT2D eigenvalue weighted by Crippen LogP contribution is 2.31. The minimum Gasteiger partial charge on any atom is -0.481 e. The lowest BCUT2D eigenvalue weighted by Gasteiger charge is -2.19. The van der Waals surface area contributed by atoms with Gasteiger partial charge in [-0.1, -0.05) is 44.7 Å². The summed E-state index contributed by atoms with van der Waals surface area (Å²) in [5.41, 5.74) is 1.39. The number of carbonyl (C=O) groups is 2. The molecule has 22 heavy (non-hydrogen) atoms. The highest BCUT2D eigenvalue weighted by molar-refractivity contribution is 5.92. The molecule has 2 N–H and O–H groups in total. The van der Waals surface area contributed by atoms with Gasteiger partial charge in [-0.05, 0) is 36.5 Å². The fourth-order valence-electron chi connectivity index (χ4n) is 3.29. The van der Waals surface area contributed by atoms with Crippen molar-refractivity contribution in [3.05, 3.63) is 29.8 Å². The van der Waals surface area contributed by atoms with E-state index in [1.807, 2.05) is 6.07 Å². The number of benzene rings is 1. The average molecular weight is 303 g/mol. The number of nitrogens with one attached hydrogen (secondary N) is 1. The number of carboxylic acid groups (broad SMARTS) is 1. The molecule has 4 nitrogen and oxygen atoms in total. The summed E-state index contributed by atoms with van der Waals surface area (Å²) in [4.78, 5) is 23.2. The van der Waals surface area contributed by atoms with Crippen LogP contribution in [0.5, 0.6) is 0 Å². The Morgan fingerprint density at radius 2 is 2.05 bits per heavy atom.